The maximum atomic E-state index is 11.9. The monoisotopic (exact) mass is 821 g/mol. The maximum absolute atomic E-state index is 11.9. The van der Waals surface area contributed by atoms with Crippen molar-refractivity contribution in [2.24, 2.45) is 0 Å². The van der Waals surface area contributed by atoms with E-state index in [2.05, 4.69) is 78.8 Å². The average Bonchev–Trinajstić information content (AvgIpc) is 3.56. The van der Waals surface area contributed by atoms with Gasteiger partial charge in [-0.2, -0.15) is 0 Å². The van der Waals surface area contributed by atoms with Crippen LogP contribution in [-0.4, -0.2) is 4.70 Å². The molecule has 3 rings (SSSR count). The first-order chi connectivity index (χ1) is 29.3. The van der Waals surface area contributed by atoms with E-state index in [1.165, 1.54) is 249 Å². The molecule has 0 spiro atoms. The molecule has 0 aliphatic carbocycles. The van der Waals surface area contributed by atoms with Gasteiger partial charge in [-0.05, 0) is 124 Å². The van der Waals surface area contributed by atoms with Crippen LogP contribution in [0.3, 0.4) is 0 Å². The second-order valence-electron chi connectivity index (χ2n) is 19.4. The van der Waals surface area contributed by atoms with Crippen molar-refractivity contribution in [1.82, 2.24) is 0 Å². The minimum atomic E-state index is 0.929. The van der Waals surface area contributed by atoms with Gasteiger partial charge in [-0.15, -0.1) is 0 Å². The molecule has 0 aromatic heterocycles. The lowest BCUT2D eigenvalue weighted by Gasteiger charge is -2.16. The van der Waals surface area contributed by atoms with Gasteiger partial charge in [0.25, 0.3) is 0 Å². The molecule has 0 unspecified atom stereocenters. The van der Waals surface area contributed by atoms with Crippen LogP contribution in [0.15, 0.2) is 35.9 Å². The molecular weight excluding hydrogens is 725 g/mol. The van der Waals surface area contributed by atoms with E-state index >= 15 is 0 Å². The van der Waals surface area contributed by atoms with Gasteiger partial charge in [-0.1, -0.05) is 207 Å². The zero-order valence-electron chi connectivity index (χ0n) is 41.0. The third-order valence-electron chi connectivity index (χ3n) is 13.9. The van der Waals surface area contributed by atoms with E-state index in [1.807, 2.05) is 0 Å². The molecule has 0 radical (unpaired) electrons. The topological polar surface area (TPSA) is 25.3 Å². The summed E-state index contributed by atoms with van der Waals surface area (Å²) in [5.41, 5.74) is 25.8. The van der Waals surface area contributed by atoms with Crippen LogP contribution in [-0.2, 0) is 12.8 Å². The Bertz CT molecular complexity index is 1490. The molecule has 2 nitrogen and oxygen atoms in total. The van der Waals surface area contributed by atoms with E-state index in [4.69, 9.17) is 0 Å². The molecule has 0 saturated carbocycles. The zero-order chi connectivity index (χ0) is 43.2. The van der Waals surface area contributed by atoms with Gasteiger partial charge >= 0.3 is 0 Å². The Labute approximate surface area is 373 Å². The van der Waals surface area contributed by atoms with E-state index in [-0.39, 0.29) is 0 Å². The highest BCUT2D eigenvalue weighted by Crippen LogP contribution is 2.39. The van der Waals surface area contributed by atoms with E-state index in [0.717, 1.165) is 41.8 Å². The van der Waals surface area contributed by atoms with Gasteiger partial charge in [0.1, 0.15) is 0 Å². The molecule has 1 aliphatic heterocycles. The van der Waals surface area contributed by atoms with Gasteiger partial charge in [-0.3, -0.25) is 0 Å². The van der Waals surface area contributed by atoms with Crippen LogP contribution in [0.1, 0.15) is 277 Å². The Balaban J connectivity index is 1.29. The second kappa shape index (κ2) is 32.2. The number of rotatable bonds is 37. The molecule has 0 fully saturated rings. The molecule has 0 bridgehead atoms. The standard InChI is InChI=1S/C58H96N2/c1-8-11-14-15-16-17-18-19-20-21-22-23-24-25-26-27-28-29-30-31-32-33-34-35-36-37-38-39-40-52-47-57(53-43-48(4)55(41-12-9-2)49(5)44-53)60(59)58(52)54-45-50(6)56(42-13-10-3)51(7)46-54/h43-47H,8-42H2,1-7H3. The Morgan fingerprint density at radius 3 is 0.950 bits per heavy atom. The Morgan fingerprint density at radius 1 is 0.350 bits per heavy atom. The van der Waals surface area contributed by atoms with Crippen molar-refractivity contribution in [2.75, 3.05) is 0 Å². The lowest BCUT2D eigenvalue weighted by Crippen LogP contribution is -2.06. The minimum Gasteiger partial charge on any atom is -0.493 e. The molecular formula is C58H96N2. The average molecular weight is 821 g/mol. The molecule has 2 heteroatoms. The Morgan fingerprint density at radius 2 is 0.633 bits per heavy atom. The third kappa shape index (κ3) is 19.7. The van der Waals surface area contributed by atoms with E-state index in [9.17, 15) is 5.53 Å². The first-order valence-electron chi connectivity index (χ1n) is 26.5. The molecule has 0 saturated heterocycles. The summed E-state index contributed by atoms with van der Waals surface area (Å²) in [6.07, 6.45) is 50.4. The van der Waals surface area contributed by atoms with Gasteiger partial charge < -0.3 is 5.53 Å². The van der Waals surface area contributed by atoms with Crippen LogP contribution >= 0.6 is 0 Å². The third-order valence-corrected chi connectivity index (χ3v) is 13.9. The summed E-state index contributed by atoms with van der Waals surface area (Å²) in [4.78, 5) is 0. The summed E-state index contributed by atoms with van der Waals surface area (Å²) < 4.78 is 1.52. The fourth-order valence-corrected chi connectivity index (χ4v) is 10.0. The van der Waals surface area contributed by atoms with Crippen molar-refractivity contribution in [3.63, 3.8) is 0 Å². The number of allylic oxidation sites excluding steroid dienone is 2. The van der Waals surface area contributed by atoms with Crippen molar-refractivity contribution in [2.45, 2.75) is 273 Å². The molecule has 60 heavy (non-hydrogen) atoms. The van der Waals surface area contributed by atoms with Crippen LogP contribution in [0, 0.1) is 27.7 Å². The lowest BCUT2D eigenvalue weighted by atomic mass is 9.93. The normalized spacial score (nSPS) is 13.0. The summed E-state index contributed by atoms with van der Waals surface area (Å²) in [5, 5.41) is 0. The van der Waals surface area contributed by atoms with Crippen LogP contribution in [0.25, 0.3) is 16.9 Å². The summed E-state index contributed by atoms with van der Waals surface area (Å²) >= 11 is 0. The number of aryl methyl sites for hydroxylation is 4. The molecule has 1 heterocycles. The fraction of sp³-hybridized carbons (Fsp3) is 0.724. The largest absolute Gasteiger partial charge is 0.493 e. The first-order valence-corrected chi connectivity index (χ1v) is 26.5. The molecule has 2 aromatic rings. The first kappa shape index (κ1) is 51.9. The molecule has 338 valence electrons. The van der Waals surface area contributed by atoms with Crippen LogP contribution in [0.5, 0.6) is 0 Å². The van der Waals surface area contributed by atoms with Crippen molar-refractivity contribution in [1.29, 1.82) is 0 Å². The fourth-order valence-electron chi connectivity index (χ4n) is 10.0. The number of unbranched alkanes of at least 4 members (excludes halogenated alkanes) is 29. The van der Waals surface area contributed by atoms with Gasteiger partial charge in [0, 0.05) is 22.8 Å². The zero-order valence-corrected chi connectivity index (χ0v) is 41.0. The Kier molecular flexibility index (Phi) is 27.9. The van der Waals surface area contributed by atoms with Crippen molar-refractivity contribution >= 4 is 11.4 Å². The number of hydrogen-bond donors (Lipinski definition) is 0. The van der Waals surface area contributed by atoms with Gasteiger partial charge in [0.15, 0.2) is 0 Å². The van der Waals surface area contributed by atoms with E-state index in [0.29, 0.717) is 0 Å². The minimum absolute atomic E-state index is 0.929. The molecule has 0 amide bonds. The summed E-state index contributed by atoms with van der Waals surface area (Å²) in [6.45, 7) is 15.9. The second-order valence-corrected chi connectivity index (χ2v) is 19.4. The predicted molar refractivity (Wildman–Crippen MR) is 267 cm³/mol. The van der Waals surface area contributed by atoms with Crippen molar-refractivity contribution in [3.05, 3.63) is 86.0 Å². The summed E-state index contributed by atoms with van der Waals surface area (Å²) in [7, 11) is 0. The maximum Gasteiger partial charge on any atom is 0.210 e. The molecule has 0 N–H and O–H groups in total. The molecule has 2 aromatic carbocycles. The lowest BCUT2D eigenvalue weighted by molar-refractivity contribution is -0.344. The Hall–Kier alpha value is -2.48. The van der Waals surface area contributed by atoms with Crippen molar-refractivity contribution < 1.29 is 4.70 Å². The van der Waals surface area contributed by atoms with E-state index in [1.54, 1.807) is 0 Å². The van der Waals surface area contributed by atoms with Crippen LogP contribution in [0.2, 0.25) is 0 Å². The highest BCUT2D eigenvalue weighted by atomic mass is 15.2. The quantitative estimate of drug-likeness (QED) is 0.0479. The van der Waals surface area contributed by atoms with Crippen LogP contribution in [0.4, 0.5) is 0 Å². The number of hydrogen-bond acceptors (Lipinski definition) is 0. The number of nitrogens with zero attached hydrogens (tertiary/aromatic N) is 2. The highest BCUT2D eigenvalue weighted by Gasteiger charge is 2.30. The predicted octanol–water partition coefficient (Wildman–Crippen LogP) is 19.7. The summed E-state index contributed by atoms with van der Waals surface area (Å²) in [5.74, 6) is 0. The van der Waals surface area contributed by atoms with Gasteiger partial charge in [0.2, 0.25) is 11.4 Å². The smallest absolute Gasteiger partial charge is 0.210 e. The molecule has 0 atom stereocenters. The van der Waals surface area contributed by atoms with Gasteiger partial charge in [0.05, 0.1) is 0 Å². The SMILES string of the molecule is CCCCCCCCCCCCCCCCCCCCCCCCCCCCCCC1=C(c2cc(C)c(CCCC)c(C)c2)[N+](=[N-])C(c2cc(C)c(CCCC)c(C)c2)=C1. The molecule has 1 aliphatic rings. The number of benzene rings is 2. The van der Waals surface area contributed by atoms with Crippen molar-refractivity contribution in [3.8, 4) is 0 Å². The van der Waals surface area contributed by atoms with Crippen LogP contribution < -0.4 is 0 Å². The highest BCUT2D eigenvalue weighted by molar-refractivity contribution is 5.79. The van der Waals surface area contributed by atoms with Gasteiger partial charge in [-0.25, -0.2) is 4.70 Å². The van der Waals surface area contributed by atoms with E-state index < -0.39 is 0 Å². The summed E-state index contributed by atoms with van der Waals surface area (Å²) in [6, 6.07) is 9.28.